The van der Waals surface area contributed by atoms with E-state index in [1.165, 1.54) is 20.3 Å². The topological polar surface area (TPSA) is 541 Å². The SMILES string of the molecule is COC1CC(C=CC(=O)O[C@H]2[C@H](O[C@H]3[C@H](OC4CC5C(CC(O)CC5O[C@@H]5O[C@H](COC(=O)CC(=O)O)[C@@H](O)[C@H](O)[C@H]5O)OC4C4CCC(O)C(O)C4)O[C@H](COC(=O)C=CC4CCC(O[C@@H]5O[C@H](CO)[C@@H](O)[C@H](O)[C@H]5O)CC4)[C@@H](O)[C@@H]3O)O[C@H](CO)[C@@H](O)[C@@H]2O)CC(OC)C1O. The number of aliphatic hydroxyl groups is 16. The molecule has 4 aliphatic carbocycles. The predicted octanol–water partition coefficient (Wildman–Crippen LogP) is -6.95. The van der Waals surface area contributed by atoms with Crippen molar-refractivity contribution >= 4 is 23.9 Å². The van der Waals surface area contributed by atoms with Gasteiger partial charge in [0, 0.05) is 38.7 Å². The first-order valence-corrected chi connectivity index (χ1v) is 33.0. The van der Waals surface area contributed by atoms with E-state index in [0.717, 1.165) is 12.2 Å². The number of hydrogen-bond donors (Lipinski definition) is 17. The van der Waals surface area contributed by atoms with Gasteiger partial charge in [-0.1, -0.05) is 12.2 Å². The molecule has 17 N–H and O–H groups in total. The van der Waals surface area contributed by atoms with Crippen molar-refractivity contribution in [2.45, 2.75) is 273 Å². The average molecular weight is 1400 g/mol. The van der Waals surface area contributed by atoms with Gasteiger partial charge < -0.3 is 153 Å². The van der Waals surface area contributed by atoms with E-state index in [9.17, 15) is 101 Å². The molecule has 9 rings (SSSR count). The lowest BCUT2D eigenvalue weighted by molar-refractivity contribution is -0.380. The summed E-state index contributed by atoms with van der Waals surface area (Å²) < 4.78 is 83.1. The second-order valence-electron chi connectivity index (χ2n) is 26.7. The molecule has 9 fully saturated rings. The van der Waals surface area contributed by atoms with Crippen molar-refractivity contribution in [3.8, 4) is 0 Å². The highest BCUT2D eigenvalue weighted by Crippen LogP contribution is 2.46. The minimum absolute atomic E-state index is 0.0253. The fourth-order valence-electron chi connectivity index (χ4n) is 14.6. The molecule has 0 radical (unpaired) electrons. The highest BCUT2D eigenvalue weighted by Gasteiger charge is 2.57. The van der Waals surface area contributed by atoms with E-state index in [-0.39, 0.29) is 57.3 Å². The summed E-state index contributed by atoms with van der Waals surface area (Å²) in [6, 6.07) is 0. The largest absolute Gasteiger partial charge is 0.481 e. The number of carbonyl (C=O) groups is 4. The lowest BCUT2D eigenvalue weighted by atomic mass is 9.72. The van der Waals surface area contributed by atoms with E-state index in [1.807, 2.05) is 0 Å². The Balaban J connectivity index is 0.966. The fraction of sp³-hybridized carbons (Fsp3) is 0.871. The maximum absolute atomic E-state index is 13.8. The van der Waals surface area contributed by atoms with Gasteiger partial charge in [-0.05, 0) is 88.4 Å². The van der Waals surface area contributed by atoms with Crippen molar-refractivity contribution in [1.82, 2.24) is 0 Å². The Morgan fingerprint density at radius 3 is 1.59 bits per heavy atom. The quantitative estimate of drug-likeness (QED) is 0.0185. The van der Waals surface area contributed by atoms with Crippen LogP contribution in [0.3, 0.4) is 0 Å². The van der Waals surface area contributed by atoms with Crippen LogP contribution in [-0.2, 0) is 85.5 Å². The van der Waals surface area contributed by atoms with Gasteiger partial charge in [0.2, 0.25) is 0 Å². The van der Waals surface area contributed by atoms with Gasteiger partial charge in [-0.15, -0.1) is 0 Å². The van der Waals surface area contributed by atoms with Crippen molar-refractivity contribution in [2.24, 2.45) is 23.7 Å². The standard InChI is InChI=1S/C62H96O35/c1-84-34-13-25(14-35(85-2)45(34)73)6-12-43(71)96-57-52(80)47(75)38(21-64)93-62(57)97-58-53(81)49(77)40(22-86-42(70)11-5-24-3-8-28(9-4-24)88-59-54(82)50(78)46(74)37(20-63)92-59)95-61(58)91-36-18-29-32(89-56(36)26-7-10-30(66)31(67)15-26)16-27(65)17-33(29)90-60-55(83)51(79)48(76)39(94-60)23-87-44(72)19-41(68)69/h5-6,11-12,24-40,45-67,73-83H,3-4,7-10,13-23H2,1-2H3,(H,68,69)/t24?,25?,26?,27?,28?,29?,30?,31?,32?,33?,34?,35?,36?,37-,38-,39-,40-,45?,46-,47-,48-,49-,50+,51+,52+,53+,54-,55-,56?,57-,58-,59-,60-,61-,62+/m1/s1. The zero-order valence-corrected chi connectivity index (χ0v) is 53.5. The first-order chi connectivity index (χ1) is 46.2. The normalized spacial score (nSPS) is 46.8. The van der Waals surface area contributed by atoms with Gasteiger partial charge in [0.25, 0.3) is 0 Å². The molecule has 0 aromatic carbocycles. The minimum atomic E-state index is -2.15. The van der Waals surface area contributed by atoms with Crippen molar-refractivity contribution in [1.29, 1.82) is 0 Å². The molecule has 35 nitrogen and oxygen atoms in total. The summed E-state index contributed by atoms with van der Waals surface area (Å²) in [5.41, 5.74) is 0. The van der Waals surface area contributed by atoms with Crippen LogP contribution in [0.25, 0.3) is 0 Å². The average Bonchev–Trinajstić information content (AvgIpc) is 0.772. The van der Waals surface area contributed by atoms with Gasteiger partial charge in [0.05, 0.1) is 74.3 Å². The van der Waals surface area contributed by atoms with Crippen LogP contribution < -0.4 is 0 Å². The summed E-state index contributed by atoms with van der Waals surface area (Å²) in [6.07, 6.45) is -40.4. The molecule has 35 heteroatoms. The van der Waals surface area contributed by atoms with Crippen molar-refractivity contribution in [3.63, 3.8) is 0 Å². The fourth-order valence-corrected chi connectivity index (χ4v) is 14.6. The van der Waals surface area contributed by atoms with Gasteiger partial charge in [-0.25, -0.2) is 9.59 Å². The van der Waals surface area contributed by atoms with E-state index < -0.39 is 264 Å². The van der Waals surface area contributed by atoms with E-state index in [0.29, 0.717) is 25.7 Å². The molecule has 0 aromatic heterocycles. The van der Waals surface area contributed by atoms with E-state index >= 15 is 0 Å². The molecule has 5 saturated heterocycles. The number of aliphatic carboxylic acids is 1. The number of allylic oxidation sites excluding steroid dienone is 2. The number of fused-ring (bicyclic) bond motifs is 1. The molecule has 5 aliphatic heterocycles. The number of aliphatic hydroxyl groups excluding tert-OH is 16. The second kappa shape index (κ2) is 35.0. The molecule has 0 amide bonds. The van der Waals surface area contributed by atoms with Crippen LogP contribution in [0.15, 0.2) is 24.3 Å². The number of rotatable bonds is 24. The van der Waals surface area contributed by atoms with Gasteiger partial charge in [0.1, 0.15) is 117 Å². The van der Waals surface area contributed by atoms with Gasteiger partial charge in [-0.2, -0.15) is 0 Å². The predicted molar refractivity (Wildman–Crippen MR) is 314 cm³/mol. The number of hydrogen-bond acceptors (Lipinski definition) is 34. The molecule has 9 aliphatic rings. The Kier molecular flexibility index (Phi) is 27.9. The highest BCUT2D eigenvalue weighted by atomic mass is 16.8. The minimum Gasteiger partial charge on any atom is -0.481 e. The molecule has 5 heterocycles. The first-order valence-electron chi connectivity index (χ1n) is 33.0. The number of carbonyl (C=O) groups excluding carboxylic acids is 3. The third kappa shape index (κ3) is 18.9. The first kappa shape index (κ1) is 77.4. The number of esters is 3. The molecular formula is C62H96O35. The number of methoxy groups -OCH3 is 2. The molecule has 11 unspecified atom stereocenters. The maximum atomic E-state index is 13.8. The smallest absolute Gasteiger partial charge is 0.330 e. The van der Waals surface area contributed by atoms with Crippen LogP contribution in [0.5, 0.6) is 0 Å². The number of carboxylic acids is 1. The van der Waals surface area contributed by atoms with Crippen molar-refractivity contribution in [3.05, 3.63) is 24.3 Å². The Morgan fingerprint density at radius 2 is 0.969 bits per heavy atom. The molecule has 0 spiro atoms. The molecule has 97 heavy (non-hydrogen) atoms. The van der Waals surface area contributed by atoms with Crippen LogP contribution in [0, 0.1) is 23.7 Å². The van der Waals surface area contributed by atoms with Crippen LogP contribution in [0.1, 0.15) is 83.5 Å². The maximum Gasteiger partial charge on any atom is 0.330 e. The molecular weight excluding hydrogens is 1300 g/mol. The zero-order valence-electron chi connectivity index (χ0n) is 53.5. The van der Waals surface area contributed by atoms with Crippen LogP contribution in [-0.4, -0.2) is 341 Å². The summed E-state index contributed by atoms with van der Waals surface area (Å²) >= 11 is 0. The monoisotopic (exact) mass is 1400 g/mol. The Bertz CT molecular complexity index is 2560. The van der Waals surface area contributed by atoms with Crippen LogP contribution in [0.2, 0.25) is 0 Å². The zero-order chi connectivity index (χ0) is 70.3. The van der Waals surface area contributed by atoms with E-state index in [4.69, 9.17) is 71.4 Å². The summed E-state index contributed by atoms with van der Waals surface area (Å²) in [5.74, 6) is -6.87. The van der Waals surface area contributed by atoms with E-state index in [2.05, 4.69) is 0 Å². The Morgan fingerprint density at radius 1 is 0.443 bits per heavy atom. The second-order valence-corrected chi connectivity index (χ2v) is 26.7. The molecule has 554 valence electrons. The Labute approximate surface area is 556 Å². The summed E-state index contributed by atoms with van der Waals surface area (Å²) in [5, 5.41) is 184. The Hall–Kier alpha value is -3.72. The number of carboxylic acid groups (broad SMARTS) is 1. The lowest BCUT2D eigenvalue weighted by Gasteiger charge is -2.53. The van der Waals surface area contributed by atoms with Crippen molar-refractivity contribution in [2.75, 3.05) is 40.6 Å². The molecule has 4 saturated carbocycles. The molecule has 31 atom stereocenters. The molecule has 0 bridgehead atoms. The summed E-state index contributed by atoms with van der Waals surface area (Å²) in [6.45, 7) is -3.15. The van der Waals surface area contributed by atoms with Crippen LogP contribution in [0.4, 0.5) is 0 Å². The van der Waals surface area contributed by atoms with Gasteiger partial charge in [-0.3, -0.25) is 9.59 Å². The summed E-state index contributed by atoms with van der Waals surface area (Å²) in [7, 11) is 2.80. The third-order valence-corrected chi connectivity index (χ3v) is 20.2. The third-order valence-electron chi connectivity index (χ3n) is 20.2. The number of ether oxygens (including phenoxy) is 14. The van der Waals surface area contributed by atoms with Gasteiger partial charge in [0.15, 0.2) is 31.3 Å². The lowest BCUT2D eigenvalue weighted by Crippen LogP contribution is -2.66. The molecule has 0 aromatic rings. The van der Waals surface area contributed by atoms with Gasteiger partial charge >= 0.3 is 23.9 Å². The highest BCUT2D eigenvalue weighted by molar-refractivity contribution is 5.90. The van der Waals surface area contributed by atoms with Crippen molar-refractivity contribution < 1.29 is 172 Å². The van der Waals surface area contributed by atoms with Crippen LogP contribution >= 0.6 is 0 Å². The van der Waals surface area contributed by atoms with E-state index in [1.54, 1.807) is 6.08 Å². The summed E-state index contributed by atoms with van der Waals surface area (Å²) in [4.78, 5) is 50.6.